The largest absolute Gasteiger partial charge is 0.486 e. The minimum absolute atomic E-state index is 0.120. The molecule has 2 rings (SSSR count). The Morgan fingerprint density at radius 1 is 1.37 bits per heavy atom. The molecule has 1 aromatic rings. The zero-order valence-electron chi connectivity index (χ0n) is 11.2. The van der Waals surface area contributed by atoms with Crippen molar-refractivity contribution in [2.45, 2.75) is 19.4 Å². The third-order valence-electron chi connectivity index (χ3n) is 3.28. The molecular weight excluding hydrogens is 312 g/mol. The Bertz CT molecular complexity index is 436. The number of benzene rings is 1. The Labute approximate surface area is 121 Å². The van der Waals surface area contributed by atoms with Gasteiger partial charge in [0.2, 0.25) is 0 Å². The summed E-state index contributed by atoms with van der Waals surface area (Å²) < 4.78 is 17.0. The lowest BCUT2D eigenvalue weighted by Crippen LogP contribution is -2.17. The Kier molecular flexibility index (Phi) is 5.07. The van der Waals surface area contributed by atoms with Crippen molar-refractivity contribution in [3.05, 3.63) is 22.2 Å². The van der Waals surface area contributed by atoms with Crippen LogP contribution in [0.4, 0.5) is 0 Å². The van der Waals surface area contributed by atoms with Crippen molar-refractivity contribution in [3.8, 4) is 11.5 Å². The van der Waals surface area contributed by atoms with Crippen LogP contribution in [0.3, 0.4) is 0 Å². The summed E-state index contributed by atoms with van der Waals surface area (Å²) in [5.41, 5.74) is 0.833. The predicted molar refractivity (Wildman–Crippen MR) is 75.7 cm³/mol. The highest BCUT2D eigenvalue weighted by atomic mass is 79.9. The highest BCUT2D eigenvalue weighted by Gasteiger charge is 2.22. The van der Waals surface area contributed by atoms with E-state index in [2.05, 4.69) is 15.9 Å². The third-order valence-corrected chi connectivity index (χ3v) is 3.87. The molecule has 5 heteroatoms. The van der Waals surface area contributed by atoms with E-state index in [1.165, 1.54) is 0 Å². The molecule has 0 fully saturated rings. The fourth-order valence-electron chi connectivity index (χ4n) is 2.09. The molecule has 1 N–H and O–H groups in total. The van der Waals surface area contributed by atoms with Crippen molar-refractivity contribution in [1.29, 1.82) is 0 Å². The van der Waals surface area contributed by atoms with E-state index in [9.17, 15) is 5.11 Å². The summed E-state index contributed by atoms with van der Waals surface area (Å²) in [6.45, 7) is 3.74. The summed E-state index contributed by atoms with van der Waals surface area (Å²) in [6.07, 6.45) is 0.270. The molecule has 4 nitrogen and oxygen atoms in total. The molecule has 2 atom stereocenters. The van der Waals surface area contributed by atoms with Gasteiger partial charge in [-0.15, -0.1) is 0 Å². The van der Waals surface area contributed by atoms with Gasteiger partial charge in [-0.1, -0.05) is 6.92 Å². The number of methoxy groups -OCH3 is 1. The summed E-state index contributed by atoms with van der Waals surface area (Å²) in [5, 5.41) is 10.4. The fraction of sp³-hybridized carbons (Fsp3) is 0.571. The molecule has 0 aromatic heterocycles. The van der Waals surface area contributed by atoms with E-state index >= 15 is 0 Å². The highest BCUT2D eigenvalue weighted by Crippen LogP contribution is 2.41. The third kappa shape index (κ3) is 3.41. The summed E-state index contributed by atoms with van der Waals surface area (Å²) >= 11 is 3.46. The minimum atomic E-state index is -0.540. The maximum Gasteiger partial charge on any atom is 0.175 e. The Morgan fingerprint density at radius 2 is 2.11 bits per heavy atom. The normalized spacial score (nSPS) is 17.1. The van der Waals surface area contributed by atoms with Crippen molar-refractivity contribution in [3.63, 3.8) is 0 Å². The second kappa shape index (κ2) is 6.59. The number of hydrogen-bond acceptors (Lipinski definition) is 4. The average Bonchev–Trinajstić information content (AvgIpc) is 2.43. The van der Waals surface area contributed by atoms with Crippen molar-refractivity contribution in [2.24, 2.45) is 5.92 Å². The van der Waals surface area contributed by atoms with Gasteiger partial charge >= 0.3 is 0 Å². The van der Waals surface area contributed by atoms with Gasteiger partial charge in [-0.25, -0.2) is 0 Å². The Balaban J connectivity index is 2.18. The van der Waals surface area contributed by atoms with Gasteiger partial charge in [-0.05, 0) is 46.0 Å². The molecule has 0 saturated heterocycles. The van der Waals surface area contributed by atoms with Crippen LogP contribution >= 0.6 is 15.9 Å². The number of halogens is 1. The van der Waals surface area contributed by atoms with E-state index in [-0.39, 0.29) is 5.92 Å². The van der Waals surface area contributed by atoms with E-state index in [4.69, 9.17) is 14.2 Å². The quantitative estimate of drug-likeness (QED) is 0.901. The van der Waals surface area contributed by atoms with Gasteiger partial charge in [0.1, 0.15) is 13.2 Å². The average molecular weight is 331 g/mol. The van der Waals surface area contributed by atoms with E-state index < -0.39 is 6.10 Å². The van der Waals surface area contributed by atoms with Crippen LogP contribution in [0.25, 0.3) is 0 Å². The van der Waals surface area contributed by atoms with Crippen LogP contribution in [0.15, 0.2) is 16.6 Å². The van der Waals surface area contributed by atoms with Crippen molar-refractivity contribution < 1.29 is 19.3 Å². The van der Waals surface area contributed by atoms with Crippen LogP contribution < -0.4 is 9.47 Å². The standard InChI is InChI=1S/C14H19BrO4/c1-9(3-4-17-2)13(16)10-7-11(15)14-12(8-10)18-5-6-19-14/h7-9,13,16H,3-6H2,1-2H3. The molecule has 1 aliphatic rings. The first kappa shape index (κ1) is 14.6. The van der Waals surface area contributed by atoms with E-state index in [0.717, 1.165) is 16.5 Å². The Morgan fingerprint density at radius 3 is 2.84 bits per heavy atom. The fourth-order valence-corrected chi connectivity index (χ4v) is 2.67. The number of rotatable bonds is 5. The maximum atomic E-state index is 10.4. The van der Waals surface area contributed by atoms with Gasteiger partial charge in [-0.3, -0.25) is 0 Å². The topological polar surface area (TPSA) is 47.9 Å². The molecular formula is C14H19BrO4. The number of aliphatic hydroxyl groups is 1. The molecule has 0 saturated carbocycles. The van der Waals surface area contributed by atoms with E-state index in [1.807, 2.05) is 19.1 Å². The first-order valence-corrected chi connectivity index (χ1v) is 7.19. The van der Waals surface area contributed by atoms with Crippen molar-refractivity contribution >= 4 is 15.9 Å². The molecule has 0 bridgehead atoms. The summed E-state index contributed by atoms with van der Waals surface area (Å²) in [7, 11) is 1.67. The van der Waals surface area contributed by atoms with E-state index in [0.29, 0.717) is 31.3 Å². The van der Waals surface area contributed by atoms with Crippen LogP contribution in [0, 0.1) is 5.92 Å². The van der Waals surface area contributed by atoms with Crippen LogP contribution in [0.2, 0.25) is 0 Å². The molecule has 106 valence electrons. The lowest BCUT2D eigenvalue weighted by Gasteiger charge is -2.24. The molecule has 1 aromatic carbocycles. The van der Waals surface area contributed by atoms with Gasteiger partial charge < -0.3 is 19.3 Å². The van der Waals surface area contributed by atoms with Gasteiger partial charge in [0.15, 0.2) is 11.5 Å². The second-order valence-corrected chi connectivity index (χ2v) is 5.58. The smallest absolute Gasteiger partial charge is 0.175 e. The maximum absolute atomic E-state index is 10.4. The highest BCUT2D eigenvalue weighted by molar-refractivity contribution is 9.10. The lowest BCUT2D eigenvalue weighted by atomic mass is 9.94. The van der Waals surface area contributed by atoms with E-state index in [1.54, 1.807) is 7.11 Å². The molecule has 0 spiro atoms. The summed E-state index contributed by atoms with van der Waals surface area (Å²) in [5.74, 6) is 1.52. The minimum Gasteiger partial charge on any atom is -0.486 e. The predicted octanol–water partition coefficient (Wildman–Crippen LogP) is 2.93. The monoisotopic (exact) mass is 330 g/mol. The lowest BCUT2D eigenvalue weighted by molar-refractivity contribution is 0.0878. The zero-order chi connectivity index (χ0) is 13.8. The number of hydrogen-bond donors (Lipinski definition) is 1. The van der Waals surface area contributed by atoms with Crippen LogP contribution in [-0.4, -0.2) is 32.0 Å². The Hall–Kier alpha value is -0.780. The summed E-state index contributed by atoms with van der Waals surface area (Å²) in [4.78, 5) is 0. The van der Waals surface area contributed by atoms with Crippen LogP contribution in [0.5, 0.6) is 11.5 Å². The molecule has 0 amide bonds. The zero-order valence-corrected chi connectivity index (χ0v) is 12.8. The SMILES string of the molecule is COCCC(C)C(O)c1cc(Br)c2c(c1)OCCO2. The molecule has 1 aliphatic heterocycles. The molecule has 19 heavy (non-hydrogen) atoms. The number of aliphatic hydroxyl groups excluding tert-OH is 1. The van der Waals surface area contributed by atoms with Gasteiger partial charge in [0.25, 0.3) is 0 Å². The van der Waals surface area contributed by atoms with Gasteiger partial charge in [0, 0.05) is 13.7 Å². The number of ether oxygens (including phenoxy) is 3. The molecule has 2 unspecified atom stereocenters. The molecule has 0 aliphatic carbocycles. The van der Waals surface area contributed by atoms with Crippen molar-refractivity contribution in [2.75, 3.05) is 26.9 Å². The van der Waals surface area contributed by atoms with Crippen molar-refractivity contribution in [1.82, 2.24) is 0 Å². The van der Waals surface area contributed by atoms with Crippen LogP contribution in [-0.2, 0) is 4.74 Å². The molecule has 1 heterocycles. The van der Waals surface area contributed by atoms with Gasteiger partial charge in [-0.2, -0.15) is 0 Å². The van der Waals surface area contributed by atoms with Crippen LogP contribution in [0.1, 0.15) is 25.0 Å². The first-order chi connectivity index (χ1) is 9.13. The first-order valence-electron chi connectivity index (χ1n) is 6.39. The van der Waals surface area contributed by atoms with Gasteiger partial charge in [0.05, 0.1) is 10.6 Å². The molecule has 0 radical (unpaired) electrons. The summed E-state index contributed by atoms with van der Waals surface area (Å²) in [6, 6.07) is 3.74. The number of fused-ring (bicyclic) bond motifs is 1. The second-order valence-electron chi connectivity index (χ2n) is 4.73.